The molecule has 0 atom stereocenters. The van der Waals surface area contributed by atoms with Crippen molar-refractivity contribution in [2.24, 2.45) is 0 Å². The molecule has 10 rings (SSSR count). The van der Waals surface area contributed by atoms with E-state index in [9.17, 15) is 0 Å². The zero-order chi connectivity index (χ0) is 46.3. The molecule has 0 spiro atoms. The van der Waals surface area contributed by atoms with E-state index in [0.29, 0.717) is 0 Å². The van der Waals surface area contributed by atoms with Crippen LogP contribution in [0.4, 0.5) is 34.1 Å². The Morgan fingerprint density at radius 2 is 0.773 bits per heavy atom. The minimum Gasteiger partial charge on any atom is -0.311 e. The van der Waals surface area contributed by atoms with Gasteiger partial charge in [0.05, 0.1) is 0 Å². The lowest BCUT2D eigenvalue weighted by Crippen LogP contribution is -2.74. The maximum absolute atomic E-state index is 2.75. The Bertz CT molecular complexity index is 3000. The topological polar surface area (TPSA) is 6.48 Å². The fraction of sp³-hybridized carbons (Fsp3) is 0.226. The Balaban J connectivity index is 1.25. The van der Waals surface area contributed by atoms with Crippen LogP contribution in [0, 0.1) is 13.8 Å². The van der Waals surface area contributed by atoms with Gasteiger partial charge < -0.3 is 9.80 Å². The van der Waals surface area contributed by atoms with Gasteiger partial charge in [-0.25, -0.2) is 0 Å². The highest BCUT2D eigenvalue weighted by molar-refractivity contribution is 7.19. The highest BCUT2D eigenvalue weighted by Crippen LogP contribution is 2.46. The van der Waals surface area contributed by atoms with Crippen LogP contribution in [0.5, 0.6) is 0 Å². The summed E-state index contributed by atoms with van der Waals surface area (Å²) in [7, 11) is -2.75. The number of hydrogen-bond acceptors (Lipinski definition) is 2. The van der Waals surface area contributed by atoms with Crippen LogP contribution in [0.25, 0.3) is 0 Å². The molecule has 0 saturated heterocycles. The van der Waals surface area contributed by atoms with Crippen LogP contribution in [0.3, 0.4) is 0 Å². The molecule has 0 saturated carbocycles. The number of hydrogen-bond donors (Lipinski definition) is 0. The lowest BCUT2D eigenvalue weighted by atomic mass is 9.33. The second-order valence-corrected chi connectivity index (χ2v) is 25.8. The third-order valence-corrected chi connectivity index (χ3v) is 19.2. The molecule has 0 aromatic heterocycles. The molecule has 0 bridgehead atoms. The fourth-order valence-corrected chi connectivity index (χ4v) is 15.8. The van der Waals surface area contributed by atoms with Gasteiger partial charge >= 0.3 is 0 Å². The molecule has 2 nitrogen and oxygen atoms in total. The van der Waals surface area contributed by atoms with Crippen molar-refractivity contribution >= 4 is 86.0 Å². The highest BCUT2D eigenvalue weighted by atomic mass is 28.3. The van der Waals surface area contributed by atoms with Gasteiger partial charge in [0.15, 0.2) is 8.07 Å². The van der Waals surface area contributed by atoms with E-state index >= 15 is 0 Å². The molecule has 328 valence electrons. The maximum atomic E-state index is 2.61. The summed E-state index contributed by atoms with van der Waals surface area (Å²) in [6.07, 6.45) is 0. The van der Waals surface area contributed by atoms with E-state index in [4.69, 9.17) is 0 Å². The number of anilines is 6. The van der Waals surface area contributed by atoms with Crippen molar-refractivity contribution in [2.45, 2.75) is 92.4 Å². The lowest BCUT2D eigenvalue weighted by molar-refractivity contribution is 0.590. The van der Waals surface area contributed by atoms with Crippen LogP contribution in [-0.2, 0) is 16.2 Å². The van der Waals surface area contributed by atoms with Crippen LogP contribution in [-0.4, -0.2) is 14.8 Å². The van der Waals surface area contributed by atoms with E-state index in [-0.39, 0.29) is 23.0 Å². The van der Waals surface area contributed by atoms with Gasteiger partial charge in [-0.15, -0.1) is 0 Å². The first-order valence-electron chi connectivity index (χ1n) is 23.9. The Hall–Kier alpha value is -6.36. The summed E-state index contributed by atoms with van der Waals surface area (Å²) >= 11 is 0. The minimum atomic E-state index is -2.75. The van der Waals surface area contributed by atoms with Gasteiger partial charge in [0.2, 0.25) is 0 Å². The number of fused-ring (bicyclic) bond motifs is 4. The van der Waals surface area contributed by atoms with Gasteiger partial charge in [-0.1, -0.05) is 202 Å². The summed E-state index contributed by atoms with van der Waals surface area (Å²) in [5, 5.41) is 5.52. The average molecular weight is 875 g/mol. The molecular formula is C62H63BN2Si. The first-order chi connectivity index (χ1) is 31.5. The third-order valence-electron chi connectivity index (χ3n) is 14.4. The molecule has 0 amide bonds. The van der Waals surface area contributed by atoms with E-state index in [2.05, 4.69) is 268 Å². The van der Waals surface area contributed by atoms with Crippen LogP contribution in [0.1, 0.15) is 90.1 Å². The molecule has 0 aliphatic carbocycles. The molecule has 0 N–H and O–H groups in total. The second-order valence-electron chi connectivity index (χ2n) is 22.0. The Kier molecular flexibility index (Phi) is 10.5. The first-order valence-corrected chi connectivity index (χ1v) is 25.9. The Morgan fingerprint density at radius 3 is 1.21 bits per heavy atom. The summed E-state index contributed by atoms with van der Waals surface area (Å²) in [5.74, 6) is 0. The Morgan fingerprint density at radius 1 is 0.364 bits per heavy atom. The normalized spacial score (nSPS) is 13.6. The van der Waals surface area contributed by atoms with Crippen molar-refractivity contribution < 1.29 is 0 Å². The zero-order valence-electron chi connectivity index (χ0n) is 40.8. The van der Waals surface area contributed by atoms with Crippen molar-refractivity contribution in [1.82, 2.24) is 0 Å². The quantitative estimate of drug-likeness (QED) is 0.121. The van der Waals surface area contributed by atoms with Crippen molar-refractivity contribution in [3.05, 3.63) is 210 Å². The molecule has 8 aromatic rings. The second kappa shape index (κ2) is 15.9. The fourth-order valence-electron chi connectivity index (χ4n) is 10.9. The van der Waals surface area contributed by atoms with Crippen LogP contribution < -0.4 is 46.9 Å². The minimum absolute atomic E-state index is 0.0158. The number of rotatable bonds is 6. The molecule has 66 heavy (non-hydrogen) atoms. The largest absolute Gasteiger partial charge is 0.311 e. The van der Waals surface area contributed by atoms with Gasteiger partial charge in [-0.2, -0.15) is 0 Å². The number of benzene rings is 8. The number of aryl methyl sites for hydroxylation is 2. The summed E-state index contributed by atoms with van der Waals surface area (Å²) in [6.45, 7) is 25.6. The maximum Gasteiger partial charge on any atom is 0.252 e. The molecular weight excluding hydrogens is 812 g/mol. The van der Waals surface area contributed by atoms with Crippen molar-refractivity contribution in [1.29, 1.82) is 0 Å². The van der Waals surface area contributed by atoms with Gasteiger partial charge in [-0.05, 0) is 138 Å². The van der Waals surface area contributed by atoms with Gasteiger partial charge in [0.1, 0.15) is 0 Å². The molecule has 2 heterocycles. The summed E-state index contributed by atoms with van der Waals surface area (Å²) < 4.78 is 0. The molecule has 2 aliphatic rings. The van der Waals surface area contributed by atoms with Crippen LogP contribution in [0.15, 0.2) is 182 Å². The highest BCUT2D eigenvalue weighted by Gasteiger charge is 2.46. The molecule has 4 heteroatoms. The van der Waals surface area contributed by atoms with E-state index in [1.807, 2.05) is 0 Å². The van der Waals surface area contributed by atoms with Crippen molar-refractivity contribution in [3.63, 3.8) is 0 Å². The molecule has 0 unspecified atom stereocenters. The number of nitrogens with zero attached hydrogens (tertiary/aromatic N) is 2. The van der Waals surface area contributed by atoms with Gasteiger partial charge in [-0.3, -0.25) is 0 Å². The molecule has 0 radical (unpaired) electrons. The predicted octanol–water partition coefficient (Wildman–Crippen LogP) is 11.7. The Labute approximate surface area is 396 Å². The monoisotopic (exact) mass is 874 g/mol. The summed E-state index contributed by atoms with van der Waals surface area (Å²) in [5.41, 5.74) is 18.0. The van der Waals surface area contributed by atoms with E-state index in [1.54, 1.807) is 0 Å². The van der Waals surface area contributed by atoms with Crippen LogP contribution >= 0.6 is 0 Å². The summed E-state index contributed by atoms with van der Waals surface area (Å²) in [6, 6.07) is 70.2. The van der Waals surface area contributed by atoms with E-state index in [0.717, 1.165) is 0 Å². The average Bonchev–Trinajstić information content (AvgIpc) is 3.29. The zero-order valence-corrected chi connectivity index (χ0v) is 41.8. The SMILES string of the molecule is Cc1cc2c3c(c1)N(c1ccc([Si](c4ccccc4)(c4ccccc4)c4ccccc4)cc1C)c1ccc(C(C)(C)C)cc1B3c1cc(C(C)(C)C)ccc1N2c1ccc(C(C)(C)C)cc1. The van der Waals surface area contributed by atoms with Crippen molar-refractivity contribution in [3.8, 4) is 0 Å². The van der Waals surface area contributed by atoms with Gasteiger partial charge in [0, 0.05) is 34.1 Å². The molecule has 0 fully saturated rings. The van der Waals surface area contributed by atoms with Crippen molar-refractivity contribution in [2.75, 3.05) is 9.80 Å². The smallest absolute Gasteiger partial charge is 0.252 e. The lowest BCUT2D eigenvalue weighted by Gasteiger charge is -2.45. The summed E-state index contributed by atoms with van der Waals surface area (Å²) in [4.78, 5) is 5.17. The van der Waals surface area contributed by atoms with Gasteiger partial charge in [0.25, 0.3) is 6.71 Å². The van der Waals surface area contributed by atoms with E-state index < -0.39 is 8.07 Å². The third kappa shape index (κ3) is 7.17. The molecule has 8 aromatic carbocycles. The first kappa shape index (κ1) is 43.5. The van der Waals surface area contributed by atoms with Crippen LogP contribution in [0.2, 0.25) is 0 Å². The van der Waals surface area contributed by atoms with E-state index in [1.165, 1.54) is 99.1 Å². The standard InChI is InChI=1S/C62H63BN2Si/c1-42-37-57-59-58(38-42)65(54-36-33-51(39-43(54)2)66(48-21-15-12-16-22-48,49-23-17-13-18-24-49)50-25-19-14-20-26-50)56-35-30-46(62(9,10)11)41-53(56)63(59)52-40-45(61(6,7)8)29-34-55(52)64(57)47-31-27-44(28-32-47)60(3,4)5/h12-41H,1-11H3. The molecule has 2 aliphatic heterocycles. The predicted molar refractivity (Wildman–Crippen MR) is 290 cm³/mol.